The van der Waals surface area contributed by atoms with E-state index < -0.39 is 60.5 Å². The van der Waals surface area contributed by atoms with Gasteiger partial charge in [0.25, 0.3) is 0 Å². The van der Waals surface area contributed by atoms with E-state index in [1.807, 2.05) is 0 Å². The lowest BCUT2D eigenvalue weighted by Crippen LogP contribution is -2.48. The van der Waals surface area contributed by atoms with Gasteiger partial charge in [0.15, 0.2) is 0 Å². The maximum atomic E-state index is 11.8. The van der Waals surface area contributed by atoms with Gasteiger partial charge in [-0.25, -0.2) is 23.6 Å². The number of carbonyl (C=O) groups excluding carboxylic acids is 1. The van der Waals surface area contributed by atoms with Crippen LogP contribution in [-0.2, 0) is 36.4 Å². The topological polar surface area (TPSA) is 266 Å². The molecule has 6 atom stereocenters. The van der Waals surface area contributed by atoms with E-state index in [1.54, 1.807) is 0 Å². The van der Waals surface area contributed by atoms with Crippen LogP contribution < -0.4 is 10.6 Å². The average molecular weight is 525 g/mol. The number of rotatable bonds is 8. The van der Waals surface area contributed by atoms with Gasteiger partial charge in [0, 0.05) is 6.92 Å². The van der Waals surface area contributed by atoms with Crippen molar-refractivity contribution in [3.63, 3.8) is 0 Å². The maximum absolute atomic E-state index is 11.8. The number of guanidine groups is 1. The second-order valence-electron chi connectivity index (χ2n) is 6.19. The van der Waals surface area contributed by atoms with Gasteiger partial charge in [-0.05, 0) is 6.58 Å². The minimum Gasteiger partial charge on any atom is -0.387 e. The first kappa shape index (κ1) is 26.9. The number of ether oxygens (including phenoxy) is 1. The van der Waals surface area contributed by atoms with E-state index in [0.29, 0.717) is 0 Å². The lowest BCUT2D eigenvalue weighted by Gasteiger charge is -2.21. The second-order valence-corrected chi connectivity index (χ2v) is 10.6. The molecule has 2 rings (SSSR count). The zero-order chi connectivity index (χ0) is 24.5. The zero-order valence-corrected chi connectivity index (χ0v) is 18.7. The number of nitrogens with zero attached hydrogens (tertiary/aromatic N) is 2. The summed E-state index contributed by atoms with van der Waals surface area (Å²) in [5.41, 5.74) is 0. The van der Waals surface area contributed by atoms with Crippen LogP contribution in [0.25, 0.3) is 0 Å². The van der Waals surface area contributed by atoms with E-state index in [-0.39, 0.29) is 11.8 Å². The summed E-state index contributed by atoms with van der Waals surface area (Å²) in [6.45, 7) is 3.90. The molecule has 8 N–H and O–H groups in total. The molecule has 1 saturated heterocycles. The van der Waals surface area contributed by atoms with E-state index in [2.05, 4.69) is 35.3 Å². The minimum absolute atomic E-state index is 0.0241. The summed E-state index contributed by atoms with van der Waals surface area (Å²) in [4.78, 5) is 50.5. The fraction of sp³-hybridized carbons (Fsp3) is 0.545. The van der Waals surface area contributed by atoms with E-state index in [0.717, 1.165) is 10.9 Å². The number of carbonyl (C=O) groups is 1. The Morgan fingerprint density at radius 1 is 1.22 bits per heavy atom. The van der Waals surface area contributed by atoms with Gasteiger partial charge in [0.1, 0.15) is 18.3 Å². The Hall–Kier alpha value is -1.36. The van der Waals surface area contributed by atoms with Crippen LogP contribution in [0, 0.1) is 0 Å². The normalized spacial score (nSPS) is 29.9. The molecule has 1 fully saturated rings. The number of aliphatic hydroxyl groups excluding tert-OH is 2. The van der Waals surface area contributed by atoms with Crippen LogP contribution in [0.5, 0.6) is 0 Å². The van der Waals surface area contributed by atoms with Gasteiger partial charge < -0.3 is 34.5 Å². The summed E-state index contributed by atoms with van der Waals surface area (Å²) in [5.74, 6) is -0.338. The molecule has 0 spiro atoms. The smallest absolute Gasteiger partial charge is 0.387 e. The molecular formula is C11H20N4O14P3+. The molecule has 0 aromatic rings. The molecule has 0 aromatic heterocycles. The van der Waals surface area contributed by atoms with Gasteiger partial charge in [-0.1, -0.05) is 4.99 Å². The molecule has 0 aliphatic carbocycles. The first-order valence-electron chi connectivity index (χ1n) is 8.22. The maximum Gasteiger partial charge on any atom is 0.490 e. The van der Waals surface area contributed by atoms with Crippen molar-refractivity contribution in [2.75, 3.05) is 6.61 Å². The number of amides is 1. The predicted octanol–water partition coefficient (Wildman–Crippen LogP) is -2.62. The van der Waals surface area contributed by atoms with Gasteiger partial charge in [0.2, 0.25) is 24.3 Å². The standard InChI is InChI=1S/C11H19N4O14P3/c1-5-13-11(14-6(2)16)12-4-15(5)10-9(18)8(17)7(27-10)3-26-31(22,23)29-32(24,25)28-30(19,20)21/h4,7-10,17-18H,1,3H2,2H3,(H5,13,14,16,19,20,21,22,23,24,25)/p+1. The largest absolute Gasteiger partial charge is 0.490 e. The van der Waals surface area contributed by atoms with Gasteiger partial charge >= 0.3 is 29.4 Å². The van der Waals surface area contributed by atoms with E-state index >= 15 is 0 Å². The van der Waals surface area contributed by atoms with Crippen molar-refractivity contribution in [3.05, 3.63) is 12.4 Å². The van der Waals surface area contributed by atoms with Crippen molar-refractivity contribution in [3.8, 4) is 0 Å². The number of phosphoric acid groups is 3. The Labute approximate surface area is 179 Å². The molecule has 2 heterocycles. The molecule has 182 valence electrons. The third kappa shape index (κ3) is 7.60. The van der Waals surface area contributed by atoms with Gasteiger partial charge in [0.05, 0.1) is 6.61 Å². The molecule has 6 unspecified atom stereocenters. The minimum atomic E-state index is -5.71. The van der Waals surface area contributed by atoms with Crippen LogP contribution >= 0.6 is 23.5 Å². The Balaban J connectivity index is 2.04. The van der Waals surface area contributed by atoms with Gasteiger partial charge in [-0.3, -0.25) is 14.6 Å². The highest BCUT2D eigenvalue weighted by Crippen LogP contribution is 2.66. The molecule has 0 aromatic carbocycles. The van der Waals surface area contributed by atoms with Crippen LogP contribution in [0.4, 0.5) is 0 Å². The molecule has 32 heavy (non-hydrogen) atoms. The van der Waals surface area contributed by atoms with E-state index in [9.17, 15) is 33.6 Å². The van der Waals surface area contributed by atoms with Crippen LogP contribution in [0.1, 0.15) is 6.92 Å². The van der Waals surface area contributed by atoms with Gasteiger partial charge in [-0.2, -0.15) is 8.62 Å². The summed E-state index contributed by atoms with van der Waals surface area (Å²) < 4.78 is 51.7. The molecule has 0 saturated carbocycles. The number of phosphoric ester groups is 1. The zero-order valence-electron chi connectivity index (χ0n) is 16.0. The molecule has 0 bridgehead atoms. The van der Waals surface area contributed by atoms with E-state index in [4.69, 9.17) is 19.4 Å². The monoisotopic (exact) mass is 525 g/mol. The fourth-order valence-electron chi connectivity index (χ4n) is 2.44. The predicted molar refractivity (Wildman–Crippen MR) is 100 cm³/mol. The third-order valence-corrected chi connectivity index (χ3v) is 7.41. The Morgan fingerprint density at radius 2 is 1.84 bits per heavy atom. The van der Waals surface area contributed by atoms with Crippen LogP contribution in [-0.4, -0.2) is 83.7 Å². The summed E-state index contributed by atoms with van der Waals surface area (Å²) in [6.07, 6.45) is -5.04. The first-order valence-corrected chi connectivity index (χ1v) is 12.7. The van der Waals surface area contributed by atoms with Crippen LogP contribution in [0.3, 0.4) is 0 Å². The molecule has 18 nitrogen and oxygen atoms in total. The number of hydrogen-bond donors (Lipinski definition) is 8. The molecule has 2 aliphatic rings. The Kier molecular flexibility index (Phi) is 8.29. The first-order chi connectivity index (χ1) is 14.5. The van der Waals surface area contributed by atoms with Crippen LogP contribution in [0.2, 0.25) is 0 Å². The van der Waals surface area contributed by atoms with Gasteiger partial charge in [-0.15, -0.1) is 0 Å². The average Bonchev–Trinajstić information content (AvgIpc) is 2.85. The number of hydrogen-bond acceptors (Lipinski definition) is 12. The molecule has 1 amide bonds. The molecular weight excluding hydrogens is 505 g/mol. The Bertz CT molecular complexity index is 977. The van der Waals surface area contributed by atoms with Crippen molar-refractivity contribution in [2.45, 2.75) is 31.5 Å². The van der Waals surface area contributed by atoms with E-state index in [1.165, 1.54) is 6.92 Å². The van der Waals surface area contributed by atoms with Crippen molar-refractivity contribution >= 4 is 41.7 Å². The molecule has 21 heteroatoms. The number of aliphatic hydroxyl groups is 2. The SMILES string of the molecule is C=C1NC(NC(C)=O)=NC=[N+]1C1OC(COP(=O)(O)OP(=O)(O)OP(=O)(O)O)C(O)C1O. The molecule has 2 aliphatic heterocycles. The summed E-state index contributed by atoms with van der Waals surface area (Å²) in [7, 11) is -16.7. The van der Waals surface area contributed by atoms with Crippen molar-refractivity contribution < 1.29 is 70.7 Å². The number of nitrogens with one attached hydrogen (secondary N) is 2. The quantitative estimate of drug-likeness (QED) is 0.119. The second kappa shape index (κ2) is 9.87. The van der Waals surface area contributed by atoms with Crippen LogP contribution in [0.15, 0.2) is 17.4 Å². The Morgan fingerprint density at radius 3 is 2.38 bits per heavy atom. The highest BCUT2D eigenvalue weighted by molar-refractivity contribution is 7.66. The van der Waals surface area contributed by atoms with Crippen molar-refractivity contribution in [1.29, 1.82) is 0 Å². The summed E-state index contributed by atoms with van der Waals surface area (Å²) in [5, 5.41) is 25.3. The highest BCUT2D eigenvalue weighted by atomic mass is 31.3. The summed E-state index contributed by atoms with van der Waals surface area (Å²) in [6, 6.07) is 0. The highest BCUT2D eigenvalue weighted by Gasteiger charge is 2.49. The summed E-state index contributed by atoms with van der Waals surface area (Å²) >= 11 is 0. The lowest BCUT2D eigenvalue weighted by molar-refractivity contribution is -0.578. The van der Waals surface area contributed by atoms with Crippen molar-refractivity contribution in [2.24, 2.45) is 4.99 Å². The molecule has 0 radical (unpaired) electrons. The number of aliphatic imine (C=N–C) groups is 1. The third-order valence-electron chi connectivity index (χ3n) is 3.61. The lowest BCUT2D eigenvalue weighted by atomic mass is 10.1. The fourth-order valence-corrected chi connectivity index (χ4v) is 5.47. The van der Waals surface area contributed by atoms with Crippen molar-refractivity contribution in [1.82, 2.24) is 10.6 Å².